The molecule has 4 nitrogen and oxygen atoms in total. The predicted octanol–water partition coefficient (Wildman–Crippen LogP) is 2.39. The number of nitrogens with zero attached hydrogens (tertiary/aromatic N) is 1. The van der Waals surface area contributed by atoms with Crippen molar-refractivity contribution in [3.05, 3.63) is 28.8 Å². The van der Waals surface area contributed by atoms with Gasteiger partial charge in [-0.25, -0.2) is 0 Å². The molecule has 0 unspecified atom stereocenters. The van der Waals surface area contributed by atoms with Crippen molar-refractivity contribution in [2.75, 3.05) is 33.9 Å². The lowest BCUT2D eigenvalue weighted by Gasteiger charge is -2.16. The maximum absolute atomic E-state index is 11.9. The average molecular weight is 298 g/mol. The van der Waals surface area contributed by atoms with Crippen molar-refractivity contribution < 1.29 is 14.3 Å². The summed E-state index contributed by atoms with van der Waals surface area (Å²) in [5.74, 6) is 1.34. The molecule has 0 bridgehead atoms. The lowest BCUT2D eigenvalue weighted by atomic mass is 9.98. The Labute approximate surface area is 124 Å². The third-order valence-electron chi connectivity index (χ3n) is 3.61. The Morgan fingerprint density at radius 2 is 2.20 bits per heavy atom. The smallest absolute Gasteiger partial charge is 0.223 e. The Morgan fingerprint density at radius 1 is 1.40 bits per heavy atom. The molecule has 0 aliphatic carbocycles. The summed E-state index contributed by atoms with van der Waals surface area (Å²) in [5.41, 5.74) is 1.06. The van der Waals surface area contributed by atoms with Crippen LogP contribution >= 0.6 is 11.6 Å². The first-order valence-corrected chi connectivity index (χ1v) is 7.11. The van der Waals surface area contributed by atoms with Crippen molar-refractivity contribution in [2.45, 2.75) is 12.8 Å². The number of rotatable bonds is 6. The van der Waals surface area contributed by atoms with E-state index in [9.17, 15) is 4.79 Å². The van der Waals surface area contributed by atoms with E-state index in [4.69, 9.17) is 21.1 Å². The van der Waals surface area contributed by atoms with E-state index in [2.05, 4.69) is 0 Å². The van der Waals surface area contributed by atoms with E-state index in [0.29, 0.717) is 30.5 Å². The molecule has 0 N–H and O–H groups in total. The van der Waals surface area contributed by atoms with Gasteiger partial charge in [0, 0.05) is 31.6 Å². The van der Waals surface area contributed by atoms with Gasteiger partial charge in [-0.15, -0.1) is 0 Å². The van der Waals surface area contributed by atoms with E-state index < -0.39 is 0 Å². The van der Waals surface area contributed by atoms with Gasteiger partial charge in [0.05, 0.1) is 13.7 Å². The molecule has 1 heterocycles. The summed E-state index contributed by atoms with van der Waals surface area (Å²) < 4.78 is 10.4. The molecule has 1 aliphatic heterocycles. The molecule has 1 aromatic rings. The van der Waals surface area contributed by atoms with Crippen LogP contribution in [0.5, 0.6) is 5.75 Å². The highest BCUT2D eigenvalue weighted by atomic mass is 35.5. The molecule has 1 fully saturated rings. The van der Waals surface area contributed by atoms with Crippen molar-refractivity contribution in [1.29, 1.82) is 0 Å². The average Bonchev–Trinajstić information content (AvgIpc) is 2.77. The Morgan fingerprint density at radius 3 is 2.90 bits per heavy atom. The van der Waals surface area contributed by atoms with E-state index >= 15 is 0 Å². The SMILES string of the molecule is COCCN1C[C@H](Cc2cc(Cl)ccc2OC)CC1=O. The van der Waals surface area contributed by atoms with Crippen LogP contribution in [0.25, 0.3) is 0 Å². The second-order valence-corrected chi connectivity index (χ2v) is 5.50. The van der Waals surface area contributed by atoms with Crippen LogP contribution in [0.4, 0.5) is 0 Å². The number of ether oxygens (including phenoxy) is 2. The zero-order valence-electron chi connectivity index (χ0n) is 11.9. The van der Waals surface area contributed by atoms with Crippen LogP contribution in [0.2, 0.25) is 5.02 Å². The maximum atomic E-state index is 11.9. The molecule has 1 aliphatic rings. The minimum Gasteiger partial charge on any atom is -0.496 e. The van der Waals surface area contributed by atoms with Gasteiger partial charge >= 0.3 is 0 Å². The normalized spacial score (nSPS) is 18.6. The minimum absolute atomic E-state index is 0.202. The topological polar surface area (TPSA) is 38.8 Å². The van der Waals surface area contributed by atoms with Crippen LogP contribution < -0.4 is 4.74 Å². The minimum atomic E-state index is 0.202. The number of likely N-dealkylation sites (tertiary alicyclic amines) is 1. The molecule has 1 saturated heterocycles. The van der Waals surface area contributed by atoms with Crippen molar-refractivity contribution in [1.82, 2.24) is 4.90 Å². The predicted molar refractivity (Wildman–Crippen MR) is 78.3 cm³/mol. The van der Waals surface area contributed by atoms with E-state index in [-0.39, 0.29) is 5.91 Å². The first-order valence-electron chi connectivity index (χ1n) is 6.73. The molecule has 1 aromatic carbocycles. The van der Waals surface area contributed by atoms with Crippen molar-refractivity contribution in [3.63, 3.8) is 0 Å². The lowest BCUT2D eigenvalue weighted by molar-refractivity contribution is -0.128. The van der Waals surface area contributed by atoms with Gasteiger partial charge in [-0.05, 0) is 36.1 Å². The number of amides is 1. The first kappa shape index (κ1) is 15.1. The molecule has 0 spiro atoms. The lowest BCUT2D eigenvalue weighted by Crippen LogP contribution is -2.28. The Hall–Kier alpha value is -1.26. The fourth-order valence-electron chi connectivity index (χ4n) is 2.63. The number of benzene rings is 1. The zero-order valence-corrected chi connectivity index (χ0v) is 12.7. The fraction of sp³-hybridized carbons (Fsp3) is 0.533. The third kappa shape index (κ3) is 3.64. The molecule has 110 valence electrons. The number of carbonyl (C=O) groups excluding carboxylic acids is 1. The van der Waals surface area contributed by atoms with E-state index in [1.807, 2.05) is 23.1 Å². The summed E-state index contributed by atoms with van der Waals surface area (Å²) in [4.78, 5) is 13.8. The van der Waals surface area contributed by atoms with Gasteiger partial charge < -0.3 is 14.4 Å². The van der Waals surface area contributed by atoms with E-state index in [0.717, 1.165) is 24.3 Å². The van der Waals surface area contributed by atoms with Gasteiger partial charge in [-0.3, -0.25) is 4.79 Å². The third-order valence-corrected chi connectivity index (χ3v) is 3.85. The summed E-state index contributed by atoms with van der Waals surface area (Å²) in [7, 11) is 3.30. The molecule has 1 atom stereocenters. The van der Waals surface area contributed by atoms with Crippen LogP contribution in [-0.2, 0) is 16.0 Å². The Balaban J connectivity index is 2.01. The van der Waals surface area contributed by atoms with E-state index in [1.54, 1.807) is 14.2 Å². The van der Waals surface area contributed by atoms with Gasteiger partial charge in [0.2, 0.25) is 5.91 Å². The maximum Gasteiger partial charge on any atom is 0.223 e. The van der Waals surface area contributed by atoms with Gasteiger partial charge in [0.25, 0.3) is 0 Å². The fourth-order valence-corrected chi connectivity index (χ4v) is 2.82. The molecule has 1 amide bonds. The Kier molecular flexibility index (Phi) is 5.26. The van der Waals surface area contributed by atoms with Crippen LogP contribution in [0.15, 0.2) is 18.2 Å². The molecular formula is C15H20ClNO3. The molecule has 20 heavy (non-hydrogen) atoms. The summed E-state index contributed by atoms with van der Waals surface area (Å²) in [6.07, 6.45) is 1.39. The summed E-state index contributed by atoms with van der Waals surface area (Å²) in [6.45, 7) is 2.02. The van der Waals surface area contributed by atoms with E-state index in [1.165, 1.54) is 0 Å². The summed E-state index contributed by atoms with van der Waals surface area (Å²) >= 11 is 6.04. The zero-order chi connectivity index (χ0) is 14.5. The quantitative estimate of drug-likeness (QED) is 0.809. The largest absolute Gasteiger partial charge is 0.496 e. The number of hydrogen-bond acceptors (Lipinski definition) is 3. The van der Waals surface area contributed by atoms with Crippen molar-refractivity contribution in [3.8, 4) is 5.75 Å². The van der Waals surface area contributed by atoms with Crippen LogP contribution in [0, 0.1) is 5.92 Å². The van der Waals surface area contributed by atoms with Crippen molar-refractivity contribution in [2.24, 2.45) is 5.92 Å². The molecule has 0 saturated carbocycles. The molecule has 0 aromatic heterocycles. The second kappa shape index (κ2) is 6.95. The van der Waals surface area contributed by atoms with Gasteiger partial charge in [0.1, 0.15) is 5.75 Å². The van der Waals surface area contributed by atoms with Gasteiger partial charge in [0.15, 0.2) is 0 Å². The number of carbonyl (C=O) groups is 1. The molecule has 0 radical (unpaired) electrons. The van der Waals surface area contributed by atoms with Crippen LogP contribution in [0.1, 0.15) is 12.0 Å². The second-order valence-electron chi connectivity index (χ2n) is 5.06. The van der Waals surface area contributed by atoms with Crippen LogP contribution in [0.3, 0.4) is 0 Å². The molecule has 2 rings (SSSR count). The first-order chi connectivity index (χ1) is 9.63. The summed E-state index contributed by atoms with van der Waals surface area (Å²) in [6, 6.07) is 5.61. The van der Waals surface area contributed by atoms with Crippen molar-refractivity contribution >= 4 is 17.5 Å². The standard InChI is InChI=1S/C15H20ClNO3/c1-19-6-5-17-10-11(8-15(17)18)7-12-9-13(16)3-4-14(12)20-2/h3-4,9,11H,5-8,10H2,1-2H3/t11-/m1/s1. The summed E-state index contributed by atoms with van der Waals surface area (Å²) in [5, 5.41) is 0.696. The molecule has 5 heteroatoms. The number of methoxy groups -OCH3 is 2. The number of halogens is 1. The van der Waals surface area contributed by atoms with Gasteiger partial charge in [-0.1, -0.05) is 11.6 Å². The highest BCUT2D eigenvalue weighted by Crippen LogP contribution is 2.28. The monoisotopic (exact) mass is 297 g/mol. The highest BCUT2D eigenvalue weighted by molar-refractivity contribution is 6.30. The number of hydrogen-bond donors (Lipinski definition) is 0. The molecular weight excluding hydrogens is 278 g/mol. The van der Waals surface area contributed by atoms with Gasteiger partial charge in [-0.2, -0.15) is 0 Å². The Bertz CT molecular complexity index is 478. The highest BCUT2D eigenvalue weighted by Gasteiger charge is 2.29. The van der Waals surface area contributed by atoms with Crippen LogP contribution in [-0.4, -0.2) is 44.7 Å².